The number of piperidine rings is 1. The van der Waals surface area contributed by atoms with Crippen molar-refractivity contribution in [2.24, 2.45) is 17.3 Å². The van der Waals surface area contributed by atoms with Crippen LogP contribution in [0.2, 0.25) is 0 Å². The van der Waals surface area contributed by atoms with Crippen LogP contribution in [-0.2, 0) is 4.79 Å². The summed E-state index contributed by atoms with van der Waals surface area (Å²) >= 11 is 0. The van der Waals surface area contributed by atoms with Gasteiger partial charge in [-0.25, -0.2) is 9.97 Å². The van der Waals surface area contributed by atoms with Crippen LogP contribution >= 0.6 is 0 Å². The lowest BCUT2D eigenvalue weighted by Gasteiger charge is -2.29. The normalized spacial score (nSPS) is 26.3. The average Bonchev–Trinajstić information content (AvgIpc) is 2.98. The molecule has 22 heavy (non-hydrogen) atoms. The minimum atomic E-state index is -0.334. The number of fused-ring (bicyclic) bond motifs is 1. The Morgan fingerprint density at radius 2 is 2.05 bits per heavy atom. The van der Waals surface area contributed by atoms with Crippen molar-refractivity contribution in [2.75, 3.05) is 25.0 Å². The number of nitriles is 1. The Balaban J connectivity index is 1.64. The Bertz CT molecular complexity index is 633. The predicted octanol–water partition coefficient (Wildman–Crippen LogP) is 1.29. The zero-order chi connectivity index (χ0) is 16.1. The predicted molar refractivity (Wildman–Crippen MR) is 82.0 cm³/mol. The molecule has 1 saturated carbocycles. The fourth-order valence-corrected chi connectivity index (χ4v) is 3.50. The van der Waals surface area contributed by atoms with Crippen molar-refractivity contribution in [2.45, 2.75) is 26.8 Å². The third-order valence-corrected chi connectivity index (χ3v) is 4.62. The zero-order valence-electron chi connectivity index (χ0n) is 13.4. The molecule has 116 valence electrons. The summed E-state index contributed by atoms with van der Waals surface area (Å²) in [5, 5.41) is 8.88. The Morgan fingerprint density at radius 1 is 1.41 bits per heavy atom. The Kier molecular flexibility index (Phi) is 3.32. The smallest absolute Gasteiger partial charge is 0.234 e. The fraction of sp³-hybridized carbons (Fsp3) is 0.625. The number of hydrogen-bond acceptors (Lipinski definition) is 5. The van der Waals surface area contributed by atoms with E-state index in [-0.39, 0.29) is 17.1 Å². The molecular weight excluding hydrogens is 278 g/mol. The number of nitrogens with zero attached hydrogens (tertiary/aromatic N) is 5. The number of carbonyl (C=O) groups excluding carboxylic acids is 1. The van der Waals surface area contributed by atoms with Crippen LogP contribution < -0.4 is 4.90 Å². The molecule has 0 bridgehead atoms. The molecule has 6 heteroatoms. The molecule has 1 unspecified atom stereocenters. The van der Waals surface area contributed by atoms with E-state index in [9.17, 15) is 4.79 Å². The van der Waals surface area contributed by atoms with Crippen LogP contribution in [0.4, 0.5) is 5.82 Å². The van der Waals surface area contributed by atoms with Gasteiger partial charge in [-0.05, 0) is 6.07 Å². The highest BCUT2D eigenvalue weighted by atomic mass is 16.2. The average molecular weight is 299 g/mol. The minimum absolute atomic E-state index is 0.201. The monoisotopic (exact) mass is 299 g/mol. The summed E-state index contributed by atoms with van der Waals surface area (Å²) in [6, 6.07) is 4.16. The van der Waals surface area contributed by atoms with Gasteiger partial charge >= 0.3 is 0 Å². The summed E-state index contributed by atoms with van der Waals surface area (Å²) in [5.41, 5.74) is -0.334. The number of aromatic nitrogens is 2. The van der Waals surface area contributed by atoms with Crippen molar-refractivity contribution in [1.29, 1.82) is 5.26 Å². The Morgan fingerprint density at radius 3 is 2.59 bits per heavy atom. The van der Waals surface area contributed by atoms with E-state index >= 15 is 0 Å². The molecule has 3 rings (SSSR count). The van der Waals surface area contributed by atoms with E-state index in [0.717, 1.165) is 18.9 Å². The lowest BCUT2D eigenvalue weighted by Crippen LogP contribution is -2.41. The van der Waals surface area contributed by atoms with Crippen LogP contribution in [0, 0.1) is 28.6 Å². The molecule has 1 aliphatic heterocycles. The number of anilines is 1. The summed E-state index contributed by atoms with van der Waals surface area (Å²) in [4.78, 5) is 24.6. The second-order valence-electron chi connectivity index (χ2n) is 7.24. The van der Waals surface area contributed by atoms with Crippen molar-refractivity contribution in [3.63, 3.8) is 0 Å². The molecule has 1 aromatic heterocycles. The summed E-state index contributed by atoms with van der Waals surface area (Å²) in [7, 11) is 1.92. The molecule has 0 N–H and O–H groups in total. The fourth-order valence-electron chi connectivity index (χ4n) is 3.50. The van der Waals surface area contributed by atoms with E-state index < -0.39 is 0 Å². The highest BCUT2D eigenvalue weighted by Gasteiger charge is 2.59. The van der Waals surface area contributed by atoms with Crippen LogP contribution in [0.5, 0.6) is 0 Å². The second kappa shape index (κ2) is 4.94. The first kappa shape index (κ1) is 14.8. The highest BCUT2D eigenvalue weighted by Crippen LogP contribution is 2.49. The molecule has 2 heterocycles. The molecule has 3 atom stereocenters. The van der Waals surface area contributed by atoms with Crippen molar-refractivity contribution in [1.82, 2.24) is 14.9 Å². The number of amides is 1. The topological polar surface area (TPSA) is 73.1 Å². The van der Waals surface area contributed by atoms with Gasteiger partial charge in [0.15, 0.2) is 0 Å². The molecule has 2 fully saturated rings. The van der Waals surface area contributed by atoms with E-state index in [0.29, 0.717) is 17.9 Å². The van der Waals surface area contributed by atoms with Gasteiger partial charge in [0.2, 0.25) is 11.7 Å². The maximum absolute atomic E-state index is 12.4. The summed E-state index contributed by atoms with van der Waals surface area (Å²) in [5.74, 6) is 2.23. The van der Waals surface area contributed by atoms with Gasteiger partial charge in [-0.3, -0.25) is 4.79 Å². The third kappa shape index (κ3) is 2.41. The van der Waals surface area contributed by atoms with Gasteiger partial charge < -0.3 is 9.80 Å². The van der Waals surface area contributed by atoms with Gasteiger partial charge in [0, 0.05) is 49.6 Å². The second-order valence-corrected chi connectivity index (χ2v) is 7.24. The largest absolute Gasteiger partial charge is 0.356 e. The molecule has 1 aliphatic carbocycles. The maximum atomic E-state index is 12.4. The molecule has 0 spiro atoms. The first-order valence-corrected chi connectivity index (χ1v) is 7.58. The van der Waals surface area contributed by atoms with Crippen molar-refractivity contribution < 1.29 is 4.79 Å². The summed E-state index contributed by atoms with van der Waals surface area (Å²) in [6.07, 6.45) is 1.62. The Hall–Kier alpha value is -2.16. The van der Waals surface area contributed by atoms with Gasteiger partial charge in [0.25, 0.3) is 0 Å². The minimum Gasteiger partial charge on any atom is -0.356 e. The SMILES string of the molecule is CN(C(=O)C(C)(C)C)C1[C@H]2CN(c3ccnc(C#N)n3)C[C@@H]12. The van der Waals surface area contributed by atoms with Crippen molar-refractivity contribution in [3.8, 4) is 6.07 Å². The number of hydrogen-bond donors (Lipinski definition) is 0. The molecule has 2 aliphatic rings. The van der Waals surface area contributed by atoms with Crippen LogP contribution in [0.1, 0.15) is 26.6 Å². The van der Waals surface area contributed by atoms with Crippen LogP contribution in [0.15, 0.2) is 12.3 Å². The third-order valence-electron chi connectivity index (χ3n) is 4.62. The molecule has 1 aromatic rings. The zero-order valence-corrected chi connectivity index (χ0v) is 13.4. The van der Waals surface area contributed by atoms with Gasteiger partial charge in [-0.1, -0.05) is 20.8 Å². The summed E-state index contributed by atoms with van der Waals surface area (Å²) < 4.78 is 0. The quantitative estimate of drug-likeness (QED) is 0.822. The lowest BCUT2D eigenvalue weighted by atomic mass is 9.95. The van der Waals surface area contributed by atoms with E-state index in [1.54, 1.807) is 6.20 Å². The lowest BCUT2D eigenvalue weighted by molar-refractivity contribution is -0.139. The van der Waals surface area contributed by atoms with E-state index in [4.69, 9.17) is 5.26 Å². The number of rotatable bonds is 2. The molecule has 0 radical (unpaired) electrons. The van der Waals surface area contributed by atoms with Crippen LogP contribution in [-0.4, -0.2) is 47.0 Å². The van der Waals surface area contributed by atoms with Crippen molar-refractivity contribution >= 4 is 11.7 Å². The van der Waals surface area contributed by atoms with Gasteiger partial charge in [-0.2, -0.15) is 5.26 Å². The van der Waals surface area contributed by atoms with Crippen LogP contribution in [0.25, 0.3) is 0 Å². The highest BCUT2D eigenvalue weighted by molar-refractivity contribution is 5.82. The first-order valence-electron chi connectivity index (χ1n) is 7.58. The number of carbonyl (C=O) groups is 1. The first-order chi connectivity index (χ1) is 10.3. The molecule has 1 amide bonds. The van der Waals surface area contributed by atoms with E-state index in [2.05, 4.69) is 14.9 Å². The molecule has 6 nitrogen and oxygen atoms in total. The van der Waals surface area contributed by atoms with Gasteiger partial charge in [0.05, 0.1) is 0 Å². The van der Waals surface area contributed by atoms with Crippen molar-refractivity contribution in [3.05, 3.63) is 18.1 Å². The molecule has 1 saturated heterocycles. The van der Waals surface area contributed by atoms with Gasteiger partial charge in [0.1, 0.15) is 11.9 Å². The molecule has 0 aromatic carbocycles. The summed E-state index contributed by atoms with van der Waals surface area (Å²) in [6.45, 7) is 7.65. The van der Waals surface area contributed by atoms with Crippen LogP contribution in [0.3, 0.4) is 0 Å². The van der Waals surface area contributed by atoms with E-state index in [1.807, 2.05) is 44.9 Å². The Labute approximate surface area is 130 Å². The maximum Gasteiger partial charge on any atom is 0.234 e. The van der Waals surface area contributed by atoms with E-state index in [1.165, 1.54) is 0 Å². The standard InChI is InChI=1S/C16H21N5O/c1-16(2,3)15(22)20(4)14-10-8-21(9-11(10)14)13-5-6-18-12(7-17)19-13/h5-6,10-11,14H,8-9H2,1-4H3/t10-,11+,14?. The van der Waals surface area contributed by atoms with Gasteiger partial charge in [-0.15, -0.1) is 0 Å². The molecular formula is C16H21N5O.